The fourth-order valence-electron chi connectivity index (χ4n) is 1.76. The summed E-state index contributed by atoms with van der Waals surface area (Å²) in [6.45, 7) is 1.92. The minimum atomic E-state index is -0.364. The quantitative estimate of drug-likeness (QED) is 0.673. The van der Waals surface area contributed by atoms with Crippen LogP contribution in [0, 0.1) is 12.7 Å². The molecule has 0 unspecified atom stereocenters. The summed E-state index contributed by atoms with van der Waals surface area (Å²) in [6, 6.07) is 10.1. The summed E-state index contributed by atoms with van der Waals surface area (Å²) >= 11 is 6.58. The van der Waals surface area contributed by atoms with E-state index in [2.05, 4.69) is 31.9 Å². The largest absolute Gasteiger partial charge is 0.294 e. The van der Waals surface area contributed by atoms with Crippen LogP contribution in [0.5, 0.6) is 0 Å². The van der Waals surface area contributed by atoms with Crippen molar-refractivity contribution in [1.29, 1.82) is 0 Å². The predicted octanol–water partition coefficient (Wildman–Crippen LogP) is 5.08. The van der Waals surface area contributed by atoms with Crippen LogP contribution in [0.25, 0.3) is 0 Å². The van der Waals surface area contributed by atoms with E-state index in [-0.39, 0.29) is 18.0 Å². The van der Waals surface area contributed by atoms with Gasteiger partial charge in [0.05, 0.1) is 0 Å². The third-order valence-electron chi connectivity index (χ3n) is 2.85. The van der Waals surface area contributed by atoms with Crippen LogP contribution in [0.15, 0.2) is 45.3 Å². The molecule has 0 aromatic heterocycles. The molecule has 0 bridgehead atoms. The molecule has 4 heteroatoms. The fraction of sp³-hybridized carbons (Fsp3) is 0.133. The van der Waals surface area contributed by atoms with Crippen LogP contribution < -0.4 is 0 Å². The number of carbonyl (C=O) groups is 1. The van der Waals surface area contributed by atoms with Gasteiger partial charge in [-0.1, -0.05) is 44.0 Å². The van der Waals surface area contributed by atoms with E-state index in [4.69, 9.17) is 0 Å². The molecule has 0 aliphatic heterocycles. The van der Waals surface area contributed by atoms with E-state index in [9.17, 15) is 9.18 Å². The number of ketones is 1. The maximum Gasteiger partial charge on any atom is 0.167 e. The van der Waals surface area contributed by atoms with Gasteiger partial charge in [-0.05, 0) is 42.3 Å². The Morgan fingerprint density at radius 1 is 1.16 bits per heavy atom. The standard InChI is InChI=1S/C15H11Br2FO/c1-9-6-11(3-5-13(9)17)15(19)7-10-2-4-12(16)8-14(10)18/h2-6,8H,7H2,1H3. The Bertz CT molecular complexity index is 638. The van der Waals surface area contributed by atoms with Gasteiger partial charge < -0.3 is 0 Å². The summed E-state index contributed by atoms with van der Waals surface area (Å²) in [5.74, 6) is -0.451. The van der Waals surface area contributed by atoms with E-state index in [0.717, 1.165) is 10.0 Å². The van der Waals surface area contributed by atoms with E-state index in [1.54, 1.807) is 18.2 Å². The lowest BCUT2D eigenvalue weighted by molar-refractivity contribution is 0.0991. The van der Waals surface area contributed by atoms with Gasteiger partial charge in [0.15, 0.2) is 5.78 Å². The van der Waals surface area contributed by atoms with Crippen LogP contribution >= 0.6 is 31.9 Å². The molecule has 2 rings (SSSR count). The number of carbonyl (C=O) groups excluding carboxylic acids is 1. The van der Waals surface area contributed by atoms with Crippen LogP contribution in [0.4, 0.5) is 4.39 Å². The average molecular weight is 386 g/mol. The summed E-state index contributed by atoms with van der Waals surface area (Å²) in [5.41, 5.74) is 2.00. The second-order valence-corrected chi connectivity index (χ2v) is 6.07. The zero-order valence-electron chi connectivity index (χ0n) is 10.2. The van der Waals surface area contributed by atoms with Crippen molar-refractivity contribution in [2.45, 2.75) is 13.3 Å². The van der Waals surface area contributed by atoms with E-state index in [1.807, 2.05) is 19.1 Å². The lowest BCUT2D eigenvalue weighted by atomic mass is 10.0. The zero-order chi connectivity index (χ0) is 14.0. The average Bonchev–Trinajstić information content (AvgIpc) is 2.36. The van der Waals surface area contributed by atoms with Crippen LogP contribution in [0.3, 0.4) is 0 Å². The van der Waals surface area contributed by atoms with Crippen molar-refractivity contribution >= 4 is 37.6 Å². The highest BCUT2D eigenvalue weighted by Gasteiger charge is 2.11. The van der Waals surface area contributed by atoms with E-state index < -0.39 is 0 Å². The molecule has 0 amide bonds. The lowest BCUT2D eigenvalue weighted by Crippen LogP contribution is -2.05. The molecule has 0 radical (unpaired) electrons. The molecule has 0 atom stereocenters. The summed E-state index contributed by atoms with van der Waals surface area (Å²) in [5, 5.41) is 0. The van der Waals surface area contributed by atoms with Crippen molar-refractivity contribution < 1.29 is 9.18 Å². The molecule has 0 aliphatic carbocycles. The minimum Gasteiger partial charge on any atom is -0.294 e. The first-order chi connectivity index (χ1) is 8.97. The highest BCUT2D eigenvalue weighted by Crippen LogP contribution is 2.20. The van der Waals surface area contributed by atoms with Crippen LogP contribution in [0.2, 0.25) is 0 Å². The first-order valence-electron chi connectivity index (χ1n) is 5.70. The van der Waals surface area contributed by atoms with Gasteiger partial charge in [0.2, 0.25) is 0 Å². The molecule has 19 heavy (non-hydrogen) atoms. The molecule has 2 aromatic carbocycles. The summed E-state index contributed by atoms with van der Waals surface area (Å²) in [4.78, 5) is 12.1. The Hall–Kier alpha value is -1.000. The Labute approximate surface area is 128 Å². The van der Waals surface area contributed by atoms with Crippen molar-refractivity contribution in [3.63, 3.8) is 0 Å². The number of hydrogen-bond acceptors (Lipinski definition) is 1. The van der Waals surface area contributed by atoms with Crippen LogP contribution in [-0.4, -0.2) is 5.78 Å². The molecular formula is C15H11Br2FO. The van der Waals surface area contributed by atoms with E-state index >= 15 is 0 Å². The fourth-order valence-corrected chi connectivity index (χ4v) is 2.34. The van der Waals surface area contributed by atoms with Gasteiger partial charge in [-0.2, -0.15) is 0 Å². The number of aryl methyl sites for hydroxylation is 1. The third kappa shape index (κ3) is 3.51. The topological polar surface area (TPSA) is 17.1 Å². The molecular weight excluding hydrogens is 375 g/mol. The lowest BCUT2D eigenvalue weighted by Gasteiger charge is -2.05. The summed E-state index contributed by atoms with van der Waals surface area (Å²) in [6.07, 6.45) is 0.0696. The smallest absolute Gasteiger partial charge is 0.167 e. The van der Waals surface area contributed by atoms with Gasteiger partial charge in [-0.15, -0.1) is 0 Å². The zero-order valence-corrected chi connectivity index (χ0v) is 13.4. The SMILES string of the molecule is Cc1cc(C(=O)Cc2ccc(Br)cc2F)ccc1Br. The van der Waals surface area contributed by atoms with Gasteiger partial charge in [-0.25, -0.2) is 4.39 Å². The van der Waals surface area contributed by atoms with Gasteiger partial charge in [-0.3, -0.25) is 4.79 Å². The molecule has 0 N–H and O–H groups in total. The molecule has 0 spiro atoms. The van der Waals surface area contributed by atoms with Gasteiger partial charge in [0, 0.05) is 20.9 Å². The Kier molecular flexibility index (Phi) is 4.53. The second kappa shape index (κ2) is 5.97. The summed E-state index contributed by atoms with van der Waals surface area (Å²) in [7, 11) is 0. The number of halogens is 3. The number of Topliss-reactive ketones (excluding diaryl/α,β-unsaturated/α-hetero) is 1. The normalized spacial score (nSPS) is 10.5. The predicted molar refractivity (Wildman–Crippen MR) is 81.0 cm³/mol. The number of benzene rings is 2. The maximum absolute atomic E-state index is 13.7. The van der Waals surface area contributed by atoms with Gasteiger partial charge in [0.1, 0.15) is 5.82 Å². The van der Waals surface area contributed by atoms with E-state index in [0.29, 0.717) is 15.6 Å². The monoisotopic (exact) mass is 384 g/mol. The molecule has 0 aliphatic rings. The van der Waals surface area contributed by atoms with Crippen molar-refractivity contribution in [3.05, 3.63) is 67.9 Å². The Morgan fingerprint density at radius 2 is 1.89 bits per heavy atom. The van der Waals surface area contributed by atoms with Crippen LogP contribution in [0.1, 0.15) is 21.5 Å². The Morgan fingerprint density at radius 3 is 2.53 bits per heavy atom. The second-order valence-electron chi connectivity index (χ2n) is 4.30. The minimum absolute atomic E-state index is 0.0696. The molecule has 0 fully saturated rings. The van der Waals surface area contributed by atoms with E-state index in [1.165, 1.54) is 6.07 Å². The first-order valence-corrected chi connectivity index (χ1v) is 7.29. The van der Waals surface area contributed by atoms with Crippen molar-refractivity contribution in [2.75, 3.05) is 0 Å². The van der Waals surface area contributed by atoms with Gasteiger partial charge in [0.25, 0.3) is 0 Å². The van der Waals surface area contributed by atoms with Gasteiger partial charge >= 0.3 is 0 Å². The van der Waals surface area contributed by atoms with Crippen molar-refractivity contribution in [2.24, 2.45) is 0 Å². The molecule has 0 saturated carbocycles. The summed E-state index contributed by atoms with van der Waals surface area (Å²) < 4.78 is 15.3. The molecule has 2 aromatic rings. The van der Waals surface area contributed by atoms with Crippen LogP contribution in [-0.2, 0) is 6.42 Å². The molecule has 1 nitrogen and oxygen atoms in total. The molecule has 0 heterocycles. The Balaban J connectivity index is 2.23. The van der Waals surface area contributed by atoms with Crippen molar-refractivity contribution in [1.82, 2.24) is 0 Å². The first kappa shape index (κ1) is 14.4. The number of rotatable bonds is 3. The molecule has 98 valence electrons. The molecule has 0 saturated heterocycles. The number of hydrogen-bond donors (Lipinski definition) is 0. The highest BCUT2D eigenvalue weighted by atomic mass is 79.9. The van der Waals surface area contributed by atoms with Crippen molar-refractivity contribution in [3.8, 4) is 0 Å². The highest BCUT2D eigenvalue weighted by molar-refractivity contribution is 9.10. The third-order valence-corrected chi connectivity index (χ3v) is 4.23. The maximum atomic E-state index is 13.7.